The molecule has 0 heterocycles. The van der Waals surface area contributed by atoms with Crippen LogP contribution in [0.15, 0.2) is 24.3 Å². The summed E-state index contributed by atoms with van der Waals surface area (Å²) in [5.74, 6) is 1.79. The summed E-state index contributed by atoms with van der Waals surface area (Å²) in [6.07, 6.45) is 0.844. The molecular weight excluding hydrogens is 633 g/mol. The van der Waals surface area contributed by atoms with Gasteiger partial charge in [0.1, 0.15) is 0 Å². The van der Waals surface area contributed by atoms with Crippen LogP contribution in [0.5, 0.6) is 0 Å². The first-order chi connectivity index (χ1) is 17.3. The summed E-state index contributed by atoms with van der Waals surface area (Å²) in [5, 5.41) is 4.90. The summed E-state index contributed by atoms with van der Waals surface area (Å²) >= 11 is 7.12. The first kappa shape index (κ1) is 34.8. The molecule has 0 spiro atoms. The Kier molecular flexibility index (Phi) is 15.8. The van der Waals surface area contributed by atoms with Gasteiger partial charge in [-0.2, -0.15) is 0 Å². The van der Waals surface area contributed by atoms with E-state index in [1.54, 1.807) is 0 Å². The summed E-state index contributed by atoms with van der Waals surface area (Å²) < 4.78 is 0. The van der Waals surface area contributed by atoms with Crippen molar-refractivity contribution < 1.29 is 11.1 Å². The van der Waals surface area contributed by atoms with Gasteiger partial charge in [-0.3, -0.25) is 0 Å². The number of rotatable bonds is 11. The van der Waals surface area contributed by atoms with Gasteiger partial charge >= 0.3 is 39.5 Å². The van der Waals surface area contributed by atoms with Gasteiger partial charge in [-0.25, -0.2) is 0 Å². The van der Waals surface area contributed by atoms with Crippen molar-refractivity contribution >= 4 is 28.3 Å². The Labute approximate surface area is 248 Å². The van der Waals surface area contributed by atoms with Gasteiger partial charge in [0.05, 0.1) is 0 Å². The van der Waals surface area contributed by atoms with Crippen LogP contribution in [0.3, 0.4) is 0 Å². The minimum atomic E-state index is -0.0801. The first-order valence-electron chi connectivity index (χ1n) is 13.5. The van der Waals surface area contributed by atoms with Crippen molar-refractivity contribution in [3.05, 3.63) is 74.1 Å². The number of aryl methyl sites for hydroxylation is 2. The van der Waals surface area contributed by atoms with E-state index in [0.717, 1.165) is 24.1 Å². The molecule has 0 radical (unpaired) electrons. The Hall–Kier alpha value is -0.214. The molecule has 2 unspecified atom stereocenters. The van der Waals surface area contributed by atoms with E-state index in [0.29, 0.717) is 30.2 Å². The van der Waals surface area contributed by atoms with Gasteiger partial charge < -0.3 is 16.8 Å². The van der Waals surface area contributed by atoms with E-state index in [-0.39, 0.29) is 12.1 Å². The number of nitrogens with zero attached hydrogens (tertiary/aromatic N) is 1. The molecule has 4 N–H and O–H groups in total. The van der Waals surface area contributed by atoms with Crippen LogP contribution < -0.4 is 11.5 Å². The molecule has 0 aliphatic rings. The predicted octanol–water partition coefficient (Wildman–Crippen LogP) is 9.95. The van der Waals surface area contributed by atoms with Crippen molar-refractivity contribution in [1.29, 1.82) is 0 Å². The fourth-order valence-corrected chi connectivity index (χ4v) is 5.17. The fraction of sp³-hybridized carbons (Fsp3) is 0.613. The van der Waals surface area contributed by atoms with Crippen molar-refractivity contribution in [3.8, 4) is 0 Å². The van der Waals surface area contributed by atoms with Gasteiger partial charge in [-0.15, -0.1) is 13.1 Å². The SMILES string of the molecule is Cc1cc(C(C)C)c(C(N)CC[N-]CC(N)c2c(C(C)C)cc(C)cc2C(C)C)c(C(C)C)c1.[Br][Co+][Br]. The molecule has 0 bridgehead atoms. The molecule has 0 aliphatic heterocycles. The molecular formula is C31H50Br2CoN3. The summed E-state index contributed by atoms with van der Waals surface area (Å²) in [5.41, 5.74) is 24.3. The molecule has 37 heavy (non-hydrogen) atoms. The van der Waals surface area contributed by atoms with Crippen LogP contribution >= 0.6 is 28.3 Å². The Morgan fingerprint density at radius 1 is 0.649 bits per heavy atom. The van der Waals surface area contributed by atoms with E-state index in [9.17, 15) is 0 Å². The standard InChI is InChI=1S/C31H50N3.2BrH.Co/c1-18(2)24-13-22(9)14-25(19(3)4)30(24)28(32)11-12-34-17-29(33)31-26(20(5)6)15-23(10)16-27(31)21(7)8;;;/h13-16,18-21,28-29H,11-12,17,32-33H2,1-10H3;2*1H;/q-1;;;+3/p-2. The number of hydrogen-bond acceptors (Lipinski definition) is 2. The second-order valence-electron chi connectivity index (χ2n) is 11.5. The Bertz CT molecular complexity index is 837. The molecule has 0 aliphatic carbocycles. The molecule has 2 aromatic carbocycles. The molecule has 0 fully saturated rings. The third-order valence-electron chi connectivity index (χ3n) is 6.93. The van der Waals surface area contributed by atoms with E-state index < -0.39 is 0 Å². The van der Waals surface area contributed by atoms with Crippen LogP contribution in [0.1, 0.15) is 142 Å². The molecule has 212 valence electrons. The van der Waals surface area contributed by atoms with Crippen LogP contribution in [0.25, 0.3) is 5.32 Å². The van der Waals surface area contributed by atoms with E-state index in [4.69, 9.17) is 16.8 Å². The van der Waals surface area contributed by atoms with E-state index >= 15 is 0 Å². The quantitative estimate of drug-likeness (QED) is 0.232. The van der Waals surface area contributed by atoms with Crippen molar-refractivity contribution in [3.63, 3.8) is 0 Å². The van der Waals surface area contributed by atoms with Gasteiger partial charge in [-0.05, 0) is 70.9 Å². The topological polar surface area (TPSA) is 66.1 Å². The van der Waals surface area contributed by atoms with E-state index in [1.807, 2.05) is 0 Å². The number of hydrogen-bond donors (Lipinski definition) is 2. The normalized spacial score (nSPS) is 13.5. The van der Waals surface area contributed by atoms with Gasteiger partial charge in [-0.1, -0.05) is 97.2 Å². The average Bonchev–Trinajstić information content (AvgIpc) is 2.80. The predicted molar refractivity (Wildman–Crippen MR) is 168 cm³/mol. The molecule has 0 saturated carbocycles. The van der Waals surface area contributed by atoms with Crippen LogP contribution in [0.2, 0.25) is 0 Å². The third kappa shape index (κ3) is 10.4. The molecule has 3 nitrogen and oxygen atoms in total. The fourth-order valence-electron chi connectivity index (χ4n) is 5.17. The first-order valence-corrected chi connectivity index (χ1v) is 18.7. The van der Waals surface area contributed by atoms with Crippen LogP contribution in [0.4, 0.5) is 0 Å². The van der Waals surface area contributed by atoms with Gasteiger partial charge in [0.25, 0.3) is 0 Å². The molecule has 2 aromatic rings. The molecule has 0 aromatic heterocycles. The third-order valence-corrected chi connectivity index (χ3v) is 6.93. The number of nitrogens with two attached hydrogens (primary N) is 2. The maximum atomic E-state index is 6.80. The number of benzene rings is 2. The number of halogens is 2. The van der Waals surface area contributed by atoms with Crippen molar-refractivity contribution in [2.45, 2.75) is 111 Å². The molecule has 0 saturated heterocycles. The van der Waals surface area contributed by atoms with Crippen LogP contribution in [-0.4, -0.2) is 13.1 Å². The van der Waals surface area contributed by atoms with Crippen LogP contribution in [0, 0.1) is 13.8 Å². The second-order valence-corrected chi connectivity index (χ2v) is 16.8. The molecule has 2 rings (SSSR count). The van der Waals surface area contributed by atoms with Crippen molar-refractivity contribution in [2.24, 2.45) is 11.5 Å². The zero-order chi connectivity index (χ0) is 28.4. The van der Waals surface area contributed by atoms with Crippen molar-refractivity contribution in [2.75, 3.05) is 13.1 Å². The molecule has 2 atom stereocenters. The zero-order valence-corrected chi connectivity index (χ0v) is 28.8. The van der Waals surface area contributed by atoms with Crippen molar-refractivity contribution in [1.82, 2.24) is 0 Å². The molecule has 0 amide bonds. The maximum absolute atomic E-state index is 6.80. The Balaban J connectivity index is 0.00000217. The zero-order valence-electron chi connectivity index (χ0n) is 24.6. The van der Waals surface area contributed by atoms with E-state index in [1.165, 1.54) is 44.5 Å². The average molecular weight is 684 g/mol. The summed E-state index contributed by atoms with van der Waals surface area (Å²) in [4.78, 5) is 0. The van der Waals surface area contributed by atoms with E-state index in [2.05, 4.69) is 122 Å². The van der Waals surface area contributed by atoms with Gasteiger partial charge in [0.2, 0.25) is 0 Å². The Morgan fingerprint density at radius 2 is 0.946 bits per heavy atom. The summed E-state index contributed by atoms with van der Waals surface area (Å²) in [6, 6.07) is 9.16. The Morgan fingerprint density at radius 3 is 1.24 bits per heavy atom. The molecule has 6 heteroatoms. The van der Waals surface area contributed by atoms with Gasteiger partial charge in [0, 0.05) is 12.1 Å². The second kappa shape index (κ2) is 16.8. The monoisotopic (exact) mass is 681 g/mol. The van der Waals surface area contributed by atoms with Crippen LogP contribution in [-0.2, 0) is 11.1 Å². The summed E-state index contributed by atoms with van der Waals surface area (Å²) in [6.45, 7) is 23.8. The van der Waals surface area contributed by atoms with Gasteiger partial charge in [0.15, 0.2) is 0 Å². The summed E-state index contributed by atoms with van der Waals surface area (Å²) in [7, 11) is 0. The minimum absolute atomic E-state index is 0.00722.